The fourth-order valence-electron chi connectivity index (χ4n) is 3.21. The minimum absolute atomic E-state index is 0. The Morgan fingerprint density at radius 2 is 2.21 bits per heavy atom. The molecule has 2 saturated heterocycles. The van der Waals surface area contributed by atoms with Crippen LogP contribution in [0.4, 0.5) is 4.39 Å². The number of nitrogens with zero attached hydrogens (tertiary/aromatic N) is 1. The van der Waals surface area contributed by atoms with Crippen LogP contribution in [0.25, 0.3) is 0 Å². The normalized spacial score (nSPS) is 26.8. The van der Waals surface area contributed by atoms with Gasteiger partial charge in [0.25, 0.3) is 0 Å². The van der Waals surface area contributed by atoms with Crippen LogP contribution in [0.5, 0.6) is 0 Å². The maximum Gasteiger partial charge on any atom is 0.128 e. The molecule has 0 radical (unpaired) electrons. The van der Waals surface area contributed by atoms with E-state index in [1.165, 1.54) is 12.8 Å². The predicted molar refractivity (Wildman–Crippen MR) is 81.2 cm³/mol. The molecule has 2 aliphatic rings. The minimum Gasteiger partial charge on any atom is -0.316 e. The van der Waals surface area contributed by atoms with Crippen molar-refractivity contribution in [2.24, 2.45) is 5.41 Å². The lowest BCUT2D eigenvalue weighted by Gasteiger charge is -2.23. The molecule has 0 bridgehead atoms. The van der Waals surface area contributed by atoms with Crippen molar-refractivity contribution in [3.63, 3.8) is 0 Å². The molecule has 2 nitrogen and oxygen atoms in total. The Morgan fingerprint density at radius 3 is 2.89 bits per heavy atom. The van der Waals surface area contributed by atoms with E-state index in [1.807, 2.05) is 6.07 Å². The molecule has 2 heterocycles. The Labute approximate surface area is 128 Å². The molecule has 19 heavy (non-hydrogen) atoms. The van der Waals surface area contributed by atoms with Crippen molar-refractivity contribution in [3.05, 3.63) is 34.1 Å². The summed E-state index contributed by atoms with van der Waals surface area (Å²) in [7, 11) is 0. The fourth-order valence-corrected chi connectivity index (χ4v) is 3.68. The molecular formula is C14H19BrClFN2. The Kier molecular flexibility index (Phi) is 4.88. The molecule has 106 valence electrons. The van der Waals surface area contributed by atoms with E-state index in [2.05, 4.69) is 26.1 Å². The first-order valence-electron chi connectivity index (χ1n) is 6.55. The van der Waals surface area contributed by atoms with Gasteiger partial charge in [0.15, 0.2) is 0 Å². The van der Waals surface area contributed by atoms with Gasteiger partial charge in [-0.05, 0) is 43.5 Å². The number of benzene rings is 1. The average molecular weight is 350 g/mol. The summed E-state index contributed by atoms with van der Waals surface area (Å²) in [6, 6.07) is 5.21. The van der Waals surface area contributed by atoms with Gasteiger partial charge in [0.1, 0.15) is 5.82 Å². The van der Waals surface area contributed by atoms with E-state index in [-0.39, 0.29) is 18.2 Å². The number of hydrogen-bond acceptors (Lipinski definition) is 2. The number of likely N-dealkylation sites (tertiary alicyclic amines) is 1. The molecule has 3 rings (SSSR count). The first-order chi connectivity index (χ1) is 8.69. The molecule has 0 aliphatic carbocycles. The van der Waals surface area contributed by atoms with Crippen LogP contribution >= 0.6 is 28.3 Å². The van der Waals surface area contributed by atoms with Gasteiger partial charge in [0.05, 0.1) is 0 Å². The van der Waals surface area contributed by atoms with Crippen LogP contribution in [0.2, 0.25) is 0 Å². The van der Waals surface area contributed by atoms with Gasteiger partial charge in [-0.1, -0.05) is 22.0 Å². The van der Waals surface area contributed by atoms with E-state index < -0.39 is 0 Å². The first kappa shape index (κ1) is 15.2. The summed E-state index contributed by atoms with van der Waals surface area (Å²) in [5.41, 5.74) is 1.25. The van der Waals surface area contributed by atoms with Crippen LogP contribution in [-0.2, 0) is 6.54 Å². The van der Waals surface area contributed by atoms with Crippen molar-refractivity contribution >= 4 is 28.3 Å². The van der Waals surface area contributed by atoms with Gasteiger partial charge >= 0.3 is 0 Å². The molecule has 0 amide bonds. The van der Waals surface area contributed by atoms with Crippen molar-refractivity contribution < 1.29 is 4.39 Å². The molecule has 0 aromatic heterocycles. The van der Waals surface area contributed by atoms with Crippen LogP contribution < -0.4 is 5.32 Å². The van der Waals surface area contributed by atoms with Crippen LogP contribution in [0.1, 0.15) is 18.4 Å². The van der Waals surface area contributed by atoms with Gasteiger partial charge in [-0.3, -0.25) is 4.90 Å². The van der Waals surface area contributed by atoms with E-state index in [4.69, 9.17) is 0 Å². The summed E-state index contributed by atoms with van der Waals surface area (Å²) >= 11 is 3.45. The van der Waals surface area contributed by atoms with Crippen molar-refractivity contribution in [3.8, 4) is 0 Å². The molecule has 2 aliphatic heterocycles. The smallest absolute Gasteiger partial charge is 0.128 e. The topological polar surface area (TPSA) is 15.3 Å². The van der Waals surface area contributed by atoms with Gasteiger partial charge in [-0.15, -0.1) is 12.4 Å². The van der Waals surface area contributed by atoms with Gasteiger partial charge in [0, 0.05) is 29.7 Å². The lowest BCUT2D eigenvalue weighted by atomic mass is 9.86. The molecule has 1 atom stereocenters. The van der Waals surface area contributed by atoms with E-state index >= 15 is 0 Å². The Morgan fingerprint density at radius 1 is 1.37 bits per heavy atom. The third-order valence-corrected chi connectivity index (χ3v) is 5.04. The lowest BCUT2D eigenvalue weighted by molar-refractivity contribution is 0.265. The summed E-state index contributed by atoms with van der Waals surface area (Å²) < 4.78 is 14.7. The third kappa shape index (κ3) is 3.13. The zero-order valence-electron chi connectivity index (χ0n) is 10.8. The van der Waals surface area contributed by atoms with Crippen LogP contribution in [0.3, 0.4) is 0 Å². The third-order valence-electron chi connectivity index (χ3n) is 4.29. The van der Waals surface area contributed by atoms with Gasteiger partial charge in [-0.25, -0.2) is 4.39 Å². The van der Waals surface area contributed by atoms with Crippen LogP contribution in [0, 0.1) is 11.2 Å². The van der Waals surface area contributed by atoms with E-state index in [9.17, 15) is 4.39 Å². The van der Waals surface area contributed by atoms with E-state index in [0.29, 0.717) is 5.41 Å². The predicted octanol–water partition coefficient (Wildman–Crippen LogP) is 3.20. The molecule has 5 heteroatoms. The second kappa shape index (κ2) is 6.08. The average Bonchev–Trinajstić information content (AvgIpc) is 2.96. The second-order valence-electron chi connectivity index (χ2n) is 5.59. The molecule has 1 unspecified atom stereocenters. The van der Waals surface area contributed by atoms with Crippen LogP contribution in [0.15, 0.2) is 22.7 Å². The highest BCUT2D eigenvalue weighted by Gasteiger charge is 2.40. The molecule has 1 N–H and O–H groups in total. The molecule has 1 aromatic carbocycles. The summed E-state index contributed by atoms with van der Waals surface area (Å²) in [5, 5.41) is 3.45. The van der Waals surface area contributed by atoms with Crippen molar-refractivity contribution in [2.75, 3.05) is 26.2 Å². The largest absolute Gasteiger partial charge is 0.316 e. The standard InChI is InChI=1S/C14H18BrFN2.ClH/c15-12-2-1-3-13(16)11(12)8-18-7-5-14(10-18)4-6-17-9-14;/h1-3,17H,4-10H2;1H. The van der Waals surface area contributed by atoms with Gasteiger partial charge in [-0.2, -0.15) is 0 Å². The van der Waals surface area contributed by atoms with E-state index in [1.54, 1.807) is 12.1 Å². The highest BCUT2D eigenvalue weighted by atomic mass is 79.9. The number of hydrogen-bond donors (Lipinski definition) is 1. The molecule has 2 fully saturated rings. The maximum absolute atomic E-state index is 13.8. The highest BCUT2D eigenvalue weighted by Crippen LogP contribution is 2.37. The minimum atomic E-state index is -0.102. The zero-order valence-corrected chi connectivity index (χ0v) is 13.2. The van der Waals surface area contributed by atoms with Crippen molar-refractivity contribution in [2.45, 2.75) is 19.4 Å². The molecule has 0 saturated carbocycles. The van der Waals surface area contributed by atoms with Gasteiger partial charge in [0.2, 0.25) is 0 Å². The first-order valence-corrected chi connectivity index (χ1v) is 7.34. The van der Waals surface area contributed by atoms with Crippen molar-refractivity contribution in [1.29, 1.82) is 0 Å². The summed E-state index contributed by atoms with van der Waals surface area (Å²) in [6.45, 7) is 5.16. The Bertz CT molecular complexity index is 429. The lowest BCUT2D eigenvalue weighted by Crippen LogP contribution is -2.29. The van der Waals surface area contributed by atoms with Gasteiger partial charge < -0.3 is 5.32 Å². The Balaban J connectivity index is 0.00000133. The SMILES string of the molecule is Cl.Fc1cccc(Br)c1CN1CCC2(CCNC2)C1. The summed E-state index contributed by atoms with van der Waals surface area (Å²) in [6.07, 6.45) is 2.51. The zero-order chi connectivity index (χ0) is 12.6. The summed E-state index contributed by atoms with van der Waals surface area (Å²) in [4.78, 5) is 2.39. The highest BCUT2D eigenvalue weighted by molar-refractivity contribution is 9.10. The quantitative estimate of drug-likeness (QED) is 0.882. The van der Waals surface area contributed by atoms with Crippen LogP contribution in [-0.4, -0.2) is 31.1 Å². The maximum atomic E-state index is 13.8. The fraction of sp³-hybridized carbons (Fsp3) is 0.571. The van der Waals surface area contributed by atoms with Crippen molar-refractivity contribution in [1.82, 2.24) is 10.2 Å². The molecular weight excluding hydrogens is 331 g/mol. The molecule has 1 spiro atoms. The number of rotatable bonds is 2. The number of nitrogens with one attached hydrogen (secondary N) is 1. The Hall–Kier alpha value is -0.160. The molecule has 1 aromatic rings. The number of halogens is 3. The van der Waals surface area contributed by atoms with E-state index in [0.717, 1.165) is 42.8 Å². The monoisotopic (exact) mass is 348 g/mol. The summed E-state index contributed by atoms with van der Waals surface area (Å²) in [5.74, 6) is -0.102. The second-order valence-corrected chi connectivity index (χ2v) is 6.44.